The topological polar surface area (TPSA) is 42.7 Å². The van der Waals surface area contributed by atoms with Crippen LogP contribution >= 0.6 is 11.8 Å². The maximum absolute atomic E-state index is 4.38. The minimum atomic E-state index is 0.606. The highest BCUT2D eigenvalue weighted by Gasteiger charge is 2.12. The summed E-state index contributed by atoms with van der Waals surface area (Å²) in [5.41, 5.74) is 2.74. The predicted molar refractivity (Wildman–Crippen MR) is 102 cm³/mol. The number of thioether (sulfide) groups is 1. The van der Waals surface area contributed by atoms with Crippen molar-refractivity contribution in [2.75, 3.05) is 12.8 Å². The molecule has 0 spiro atoms. The van der Waals surface area contributed by atoms with E-state index >= 15 is 0 Å². The molecule has 0 aliphatic carbocycles. The van der Waals surface area contributed by atoms with E-state index in [0.717, 1.165) is 49.9 Å². The van der Waals surface area contributed by atoms with Crippen LogP contribution in [0.3, 0.4) is 0 Å². The van der Waals surface area contributed by atoms with E-state index in [1.54, 1.807) is 11.8 Å². The number of aromatic nitrogens is 3. The van der Waals surface area contributed by atoms with Crippen LogP contribution < -0.4 is 5.32 Å². The molecule has 0 aliphatic rings. The fourth-order valence-corrected chi connectivity index (χ4v) is 3.22. The van der Waals surface area contributed by atoms with E-state index < -0.39 is 0 Å². The summed E-state index contributed by atoms with van der Waals surface area (Å²) < 4.78 is 2.28. The zero-order valence-electron chi connectivity index (χ0n) is 15.4. The van der Waals surface area contributed by atoms with Gasteiger partial charge in [-0.1, -0.05) is 56.8 Å². The van der Waals surface area contributed by atoms with Crippen LogP contribution in [0.4, 0.5) is 0 Å². The molecule has 132 valence electrons. The monoisotopic (exact) mass is 346 g/mol. The third-order valence-corrected chi connectivity index (χ3v) is 4.71. The standard InChI is InChI=1S/C19H30N4S/c1-5-16-8-10-17(11-9-16)13-20-12-6-7-18-21-22-19(24-4)23(18)14-15(2)3/h8-11,15,20H,5-7,12-14H2,1-4H3. The van der Waals surface area contributed by atoms with Crippen LogP contribution in [-0.2, 0) is 25.9 Å². The van der Waals surface area contributed by atoms with Crippen molar-refractivity contribution in [1.29, 1.82) is 0 Å². The van der Waals surface area contributed by atoms with Crippen molar-refractivity contribution in [3.8, 4) is 0 Å². The molecule has 1 heterocycles. The van der Waals surface area contributed by atoms with E-state index in [9.17, 15) is 0 Å². The highest BCUT2D eigenvalue weighted by molar-refractivity contribution is 7.98. The summed E-state index contributed by atoms with van der Waals surface area (Å²) in [6, 6.07) is 8.87. The number of nitrogens with one attached hydrogen (secondary N) is 1. The average Bonchev–Trinajstić information content (AvgIpc) is 2.96. The lowest BCUT2D eigenvalue weighted by Gasteiger charge is -2.11. The maximum atomic E-state index is 4.38. The summed E-state index contributed by atoms with van der Waals surface area (Å²) >= 11 is 1.68. The van der Waals surface area contributed by atoms with Crippen LogP contribution in [0.1, 0.15) is 44.1 Å². The van der Waals surface area contributed by atoms with Crippen LogP contribution in [0.2, 0.25) is 0 Å². The lowest BCUT2D eigenvalue weighted by Crippen LogP contribution is -2.17. The Kier molecular flexibility index (Phi) is 7.79. The van der Waals surface area contributed by atoms with Gasteiger partial charge in [0.1, 0.15) is 5.82 Å². The molecule has 0 amide bonds. The van der Waals surface area contributed by atoms with Crippen molar-refractivity contribution < 1.29 is 0 Å². The van der Waals surface area contributed by atoms with Gasteiger partial charge in [0.15, 0.2) is 5.16 Å². The molecule has 0 bridgehead atoms. The van der Waals surface area contributed by atoms with Crippen LogP contribution in [0.25, 0.3) is 0 Å². The van der Waals surface area contributed by atoms with Crippen LogP contribution in [0.15, 0.2) is 29.4 Å². The van der Waals surface area contributed by atoms with Gasteiger partial charge in [-0.15, -0.1) is 10.2 Å². The molecule has 0 aliphatic heterocycles. The molecule has 4 nitrogen and oxygen atoms in total. The van der Waals surface area contributed by atoms with Gasteiger partial charge in [-0.2, -0.15) is 0 Å². The van der Waals surface area contributed by atoms with E-state index in [-0.39, 0.29) is 0 Å². The third-order valence-electron chi connectivity index (χ3n) is 4.04. The Balaban J connectivity index is 1.76. The quantitative estimate of drug-likeness (QED) is 0.523. The van der Waals surface area contributed by atoms with E-state index in [4.69, 9.17) is 0 Å². The molecule has 2 aromatic rings. The Morgan fingerprint density at radius 1 is 1.12 bits per heavy atom. The summed E-state index contributed by atoms with van der Waals surface area (Å²) in [7, 11) is 0. The minimum Gasteiger partial charge on any atom is -0.313 e. The molecule has 24 heavy (non-hydrogen) atoms. The Morgan fingerprint density at radius 3 is 2.46 bits per heavy atom. The van der Waals surface area contributed by atoms with Crippen molar-refractivity contribution in [2.24, 2.45) is 5.92 Å². The number of hydrogen-bond acceptors (Lipinski definition) is 4. The first-order chi connectivity index (χ1) is 11.6. The van der Waals surface area contributed by atoms with Crippen molar-refractivity contribution in [3.63, 3.8) is 0 Å². The second kappa shape index (κ2) is 9.84. The highest BCUT2D eigenvalue weighted by Crippen LogP contribution is 2.16. The van der Waals surface area contributed by atoms with E-state index in [1.807, 2.05) is 0 Å². The Morgan fingerprint density at radius 2 is 1.83 bits per heavy atom. The molecular weight excluding hydrogens is 316 g/mol. The highest BCUT2D eigenvalue weighted by atomic mass is 32.2. The number of benzene rings is 1. The zero-order chi connectivity index (χ0) is 17.4. The van der Waals surface area contributed by atoms with Crippen LogP contribution in [-0.4, -0.2) is 27.6 Å². The van der Waals surface area contributed by atoms with Gasteiger partial charge in [-0.05, 0) is 42.7 Å². The van der Waals surface area contributed by atoms with Gasteiger partial charge in [0.25, 0.3) is 0 Å². The fourth-order valence-electron chi connectivity index (χ4n) is 2.70. The molecule has 1 aromatic carbocycles. The van der Waals surface area contributed by atoms with Gasteiger partial charge in [0.05, 0.1) is 0 Å². The van der Waals surface area contributed by atoms with Gasteiger partial charge in [0, 0.05) is 19.5 Å². The second-order valence-corrected chi connectivity index (χ2v) is 7.33. The largest absolute Gasteiger partial charge is 0.313 e. The van der Waals surface area contributed by atoms with E-state index in [0.29, 0.717) is 5.92 Å². The first-order valence-corrected chi connectivity index (χ1v) is 10.1. The molecule has 5 heteroatoms. The third kappa shape index (κ3) is 5.64. The van der Waals surface area contributed by atoms with E-state index in [2.05, 4.69) is 71.4 Å². The Labute approximate surface area is 150 Å². The van der Waals surface area contributed by atoms with Crippen LogP contribution in [0.5, 0.6) is 0 Å². The van der Waals surface area contributed by atoms with Gasteiger partial charge < -0.3 is 9.88 Å². The number of hydrogen-bond donors (Lipinski definition) is 1. The van der Waals surface area contributed by atoms with Crippen molar-refractivity contribution in [2.45, 2.75) is 58.3 Å². The number of rotatable bonds is 10. The van der Waals surface area contributed by atoms with Crippen LogP contribution in [0, 0.1) is 5.92 Å². The van der Waals surface area contributed by atoms with Crippen molar-refractivity contribution >= 4 is 11.8 Å². The first-order valence-electron chi connectivity index (χ1n) is 8.88. The van der Waals surface area contributed by atoms with Gasteiger partial charge >= 0.3 is 0 Å². The minimum absolute atomic E-state index is 0.606. The summed E-state index contributed by atoms with van der Waals surface area (Å²) in [5.74, 6) is 1.72. The molecule has 2 rings (SSSR count). The molecule has 1 aromatic heterocycles. The normalized spacial score (nSPS) is 11.4. The average molecular weight is 347 g/mol. The van der Waals surface area contributed by atoms with Gasteiger partial charge in [-0.3, -0.25) is 0 Å². The first kappa shape index (κ1) is 19.0. The molecule has 0 saturated heterocycles. The Bertz CT molecular complexity index is 604. The molecule has 0 unspecified atom stereocenters. The predicted octanol–water partition coefficient (Wildman–Crippen LogP) is 3.94. The molecule has 0 saturated carbocycles. The lowest BCUT2D eigenvalue weighted by molar-refractivity contribution is 0.475. The summed E-state index contributed by atoms with van der Waals surface area (Å²) in [6.45, 7) is 9.58. The molecule has 0 fully saturated rings. The summed E-state index contributed by atoms with van der Waals surface area (Å²) in [6.07, 6.45) is 5.22. The molecular formula is C19H30N4S. The summed E-state index contributed by atoms with van der Waals surface area (Å²) in [4.78, 5) is 0. The van der Waals surface area contributed by atoms with Gasteiger partial charge in [-0.25, -0.2) is 0 Å². The summed E-state index contributed by atoms with van der Waals surface area (Å²) in [5, 5.41) is 13.2. The number of aryl methyl sites for hydroxylation is 2. The fraction of sp³-hybridized carbons (Fsp3) is 0.579. The molecule has 1 N–H and O–H groups in total. The van der Waals surface area contributed by atoms with Crippen molar-refractivity contribution in [3.05, 3.63) is 41.2 Å². The maximum Gasteiger partial charge on any atom is 0.190 e. The smallest absolute Gasteiger partial charge is 0.190 e. The Hall–Kier alpha value is -1.33. The van der Waals surface area contributed by atoms with Crippen molar-refractivity contribution in [1.82, 2.24) is 20.1 Å². The zero-order valence-corrected chi connectivity index (χ0v) is 16.2. The molecule has 0 atom stereocenters. The SMILES string of the molecule is CCc1ccc(CNCCCc2nnc(SC)n2CC(C)C)cc1. The number of nitrogens with zero attached hydrogens (tertiary/aromatic N) is 3. The molecule has 0 radical (unpaired) electrons. The van der Waals surface area contributed by atoms with Gasteiger partial charge in [0.2, 0.25) is 0 Å². The lowest BCUT2D eigenvalue weighted by atomic mass is 10.1. The second-order valence-electron chi connectivity index (χ2n) is 6.56. The van der Waals surface area contributed by atoms with E-state index in [1.165, 1.54) is 11.1 Å².